The Morgan fingerprint density at radius 3 is 2.64 bits per heavy atom. The molecule has 0 unspecified atom stereocenters. The van der Waals surface area contributed by atoms with Gasteiger partial charge in [-0.1, -0.05) is 13.3 Å². The Balaban J connectivity index is 3.40. The number of nitrogens with one attached hydrogen (secondary N) is 2. The summed E-state index contributed by atoms with van der Waals surface area (Å²) in [5.41, 5.74) is 0. The van der Waals surface area contributed by atoms with Crippen LogP contribution in [0.25, 0.3) is 0 Å². The summed E-state index contributed by atoms with van der Waals surface area (Å²) in [4.78, 5) is 11.0. The molecule has 0 saturated carbocycles. The molecule has 2 N–H and O–H groups in total. The molecule has 0 aliphatic heterocycles. The van der Waals surface area contributed by atoms with Gasteiger partial charge in [0, 0.05) is 6.04 Å². The molecule has 1 amide bonds. The largest absolute Gasteiger partial charge is 0.353 e. The Morgan fingerprint density at radius 1 is 1.55 bits per heavy atom. The van der Waals surface area contributed by atoms with Crippen molar-refractivity contribution in [2.75, 3.05) is 13.6 Å². The van der Waals surface area contributed by atoms with E-state index >= 15 is 0 Å². The Labute approximate surface area is 68.6 Å². The molecule has 0 fully saturated rings. The van der Waals surface area contributed by atoms with Gasteiger partial charge in [0.1, 0.15) is 0 Å². The molecule has 0 spiro atoms. The summed E-state index contributed by atoms with van der Waals surface area (Å²) >= 11 is 0. The highest BCUT2D eigenvalue weighted by molar-refractivity contribution is 5.78. The summed E-state index contributed by atoms with van der Waals surface area (Å²) in [7, 11) is 1.77. The number of likely N-dealkylation sites (N-methyl/N-ethyl adjacent to an activating group) is 1. The zero-order valence-electron chi connectivity index (χ0n) is 7.61. The molecule has 0 radical (unpaired) electrons. The Hall–Kier alpha value is -0.570. The van der Waals surface area contributed by atoms with Crippen LogP contribution in [0.5, 0.6) is 0 Å². The molecule has 0 aromatic heterocycles. The minimum atomic E-state index is 0.0773. The van der Waals surface area contributed by atoms with Crippen LogP contribution in [-0.2, 0) is 4.79 Å². The summed E-state index contributed by atoms with van der Waals surface area (Å²) in [6.07, 6.45) is 2.16. The molecule has 0 rings (SSSR count). The molecule has 3 nitrogen and oxygen atoms in total. The normalized spacial score (nSPS) is 12.6. The van der Waals surface area contributed by atoms with Gasteiger partial charge in [-0.25, -0.2) is 0 Å². The van der Waals surface area contributed by atoms with Crippen molar-refractivity contribution in [1.29, 1.82) is 0 Å². The first-order valence-electron chi connectivity index (χ1n) is 4.14. The fraction of sp³-hybridized carbons (Fsp3) is 0.875. The maximum Gasteiger partial charge on any atom is 0.234 e. The highest BCUT2D eigenvalue weighted by atomic mass is 16.1. The van der Waals surface area contributed by atoms with Crippen LogP contribution in [0, 0.1) is 0 Å². The fourth-order valence-corrected chi connectivity index (χ4v) is 0.992. The monoisotopic (exact) mass is 158 g/mol. The van der Waals surface area contributed by atoms with Crippen LogP contribution < -0.4 is 10.6 Å². The zero-order chi connectivity index (χ0) is 8.69. The summed E-state index contributed by atoms with van der Waals surface area (Å²) in [6, 6.07) is 0.306. The number of carbonyl (C=O) groups excluding carboxylic acids is 1. The lowest BCUT2D eigenvalue weighted by Crippen LogP contribution is -2.37. The smallest absolute Gasteiger partial charge is 0.234 e. The average Bonchev–Trinajstić information content (AvgIpc) is 1.87. The van der Waals surface area contributed by atoms with Gasteiger partial charge >= 0.3 is 0 Å². The Bertz CT molecular complexity index is 115. The van der Waals surface area contributed by atoms with Crippen molar-refractivity contribution in [3.63, 3.8) is 0 Å². The number of rotatable bonds is 5. The van der Waals surface area contributed by atoms with Crippen molar-refractivity contribution < 1.29 is 4.79 Å². The highest BCUT2D eigenvalue weighted by Gasteiger charge is 2.03. The van der Waals surface area contributed by atoms with E-state index in [4.69, 9.17) is 0 Å². The molecular formula is C8H18N2O. The first-order valence-corrected chi connectivity index (χ1v) is 4.14. The van der Waals surface area contributed by atoms with E-state index in [1.165, 1.54) is 0 Å². The Kier molecular flexibility index (Phi) is 5.84. The van der Waals surface area contributed by atoms with Crippen LogP contribution in [0.2, 0.25) is 0 Å². The van der Waals surface area contributed by atoms with Gasteiger partial charge in [0.05, 0.1) is 6.54 Å². The summed E-state index contributed by atoms with van der Waals surface area (Å²) in [6.45, 7) is 4.55. The van der Waals surface area contributed by atoms with Gasteiger partial charge < -0.3 is 10.6 Å². The maximum atomic E-state index is 11.0. The van der Waals surface area contributed by atoms with Crippen molar-refractivity contribution in [2.45, 2.75) is 32.7 Å². The van der Waals surface area contributed by atoms with Crippen LogP contribution in [0.15, 0.2) is 0 Å². The topological polar surface area (TPSA) is 41.1 Å². The van der Waals surface area contributed by atoms with Crippen LogP contribution in [-0.4, -0.2) is 25.5 Å². The third-order valence-electron chi connectivity index (χ3n) is 1.47. The number of amides is 1. The highest BCUT2D eigenvalue weighted by Crippen LogP contribution is 1.93. The average molecular weight is 158 g/mol. The van der Waals surface area contributed by atoms with Gasteiger partial charge in [0.25, 0.3) is 0 Å². The third-order valence-corrected chi connectivity index (χ3v) is 1.47. The van der Waals surface area contributed by atoms with Gasteiger partial charge in [-0.15, -0.1) is 0 Å². The fourth-order valence-electron chi connectivity index (χ4n) is 0.992. The summed E-state index contributed by atoms with van der Waals surface area (Å²) in [5.74, 6) is 0.0773. The second kappa shape index (κ2) is 6.16. The van der Waals surface area contributed by atoms with Crippen molar-refractivity contribution in [3.05, 3.63) is 0 Å². The van der Waals surface area contributed by atoms with Crippen molar-refractivity contribution in [1.82, 2.24) is 10.6 Å². The van der Waals surface area contributed by atoms with Crippen molar-refractivity contribution >= 4 is 5.91 Å². The number of hydrogen-bond acceptors (Lipinski definition) is 2. The summed E-state index contributed by atoms with van der Waals surface area (Å²) < 4.78 is 0. The van der Waals surface area contributed by atoms with Gasteiger partial charge in [-0.3, -0.25) is 4.79 Å². The molecule has 1 atom stereocenters. The lowest BCUT2D eigenvalue weighted by atomic mass is 10.2. The van der Waals surface area contributed by atoms with E-state index in [0.717, 1.165) is 12.8 Å². The van der Waals surface area contributed by atoms with Gasteiger partial charge in [-0.2, -0.15) is 0 Å². The minimum absolute atomic E-state index is 0.0773. The summed E-state index contributed by atoms with van der Waals surface area (Å²) in [5, 5.41) is 5.68. The Morgan fingerprint density at radius 2 is 2.18 bits per heavy atom. The molecule has 3 heteroatoms. The van der Waals surface area contributed by atoms with E-state index < -0.39 is 0 Å². The van der Waals surface area contributed by atoms with E-state index in [1.54, 1.807) is 7.05 Å². The molecule has 0 bridgehead atoms. The lowest BCUT2D eigenvalue weighted by molar-refractivity contribution is -0.120. The second-order valence-electron chi connectivity index (χ2n) is 2.79. The third kappa shape index (κ3) is 5.85. The molecule has 11 heavy (non-hydrogen) atoms. The second-order valence-corrected chi connectivity index (χ2v) is 2.79. The van der Waals surface area contributed by atoms with Crippen LogP contribution in [0.3, 0.4) is 0 Å². The first kappa shape index (κ1) is 10.4. The molecule has 0 aromatic carbocycles. The van der Waals surface area contributed by atoms with E-state index in [0.29, 0.717) is 12.6 Å². The molecule has 66 valence electrons. The lowest BCUT2D eigenvalue weighted by Gasteiger charge is -2.11. The predicted octanol–water partition coefficient (Wildman–Crippen LogP) is 0.511. The van der Waals surface area contributed by atoms with Gasteiger partial charge in [0.2, 0.25) is 5.91 Å². The number of hydrogen-bond donors (Lipinski definition) is 2. The molecule has 0 aliphatic carbocycles. The molecule has 0 saturated heterocycles. The first-order chi connectivity index (χ1) is 5.20. The zero-order valence-corrected chi connectivity index (χ0v) is 7.61. The molecule has 0 heterocycles. The van der Waals surface area contributed by atoms with E-state index in [9.17, 15) is 4.79 Å². The van der Waals surface area contributed by atoms with Gasteiger partial charge in [0.15, 0.2) is 0 Å². The van der Waals surface area contributed by atoms with Crippen LogP contribution in [0.1, 0.15) is 26.7 Å². The van der Waals surface area contributed by atoms with Crippen LogP contribution in [0.4, 0.5) is 0 Å². The minimum Gasteiger partial charge on any atom is -0.353 e. The molecule has 0 aromatic rings. The maximum absolute atomic E-state index is 11.0. The van der Waals surface area contributed by atoms with Crippen molar-refractivity contribution in [2.24, 2.45) is 0 Å². The van der Waals surface area contributed by atoms with E-state index in [2.05, 4.69) is 17.6 Å². The van der Waals surface area contributed by atoms with Crippen molar-refractivity contribution in [3.8, 4) is 0 Å². The van der Waals surface area contributed by atoms with E-state index in [1.807, 2.05) is 6.92 Å². The quantitative estimate of drug-likeness (QED) is 0.612. The predicted molar refractivity (Wildman–Crippen MR) is 46.4 cm³/mol. The van der Waals surface area contributed by atoms with E-state index in [-0.39, 0.29) is 5.91 Å². The van der Waals surface area contributed by atoms with Crippen LogP contribution >= 0.6 is 0 Å². The SMILES string of the molecule is CCC[C@H](C)NC(=O)CNC. The molecular weight excluding hydrogens is 140 g/mol. The molecule has 0 aliphatic rings. The van der Waals surface area contributed by atoms with Gasteiger partial charge in [-0.05, 0) is 20.4 Å². The standard InChI is InChI=1S/C8H18N2O/c1-4-5-7(2)10-8(11)6-9-3/h7,9H,4-6H2,1-3H3,(H,10,11)/t7-/m0/s1. The number of carbonyl (C=O) groups is 1.